The van der Waals surface area contributed by atoms with Gasteiger partial charge in [-0.15, -0.1) is 0 Å². The molecule has 1 amide bonds. The van der Waals surface area contributed by atoms with Gasteiger partial charge in [0.15, 0.2) is 5.11 Å². The number of nitrogens with zero attached hydrogens (tertiary/aromatic N) is 1. The zero-order valence-electron chi connectivity index (χ0n) is 8.28. The van der Waals surface area contributed by atoms with E-state index in [1.54, 1.807) is 11.9 Å². The number of rotatable bonds is 0. The van der Waals surface area contributed by atoms with E-state index < -0.39 is 0 Å². The van der Waals surface area contributed by atoms with Crippen LogP contribution in [0, 0.1) is 0 Å². The largest absolute Gasteiger partial charge is 0.365 e. The maximum atomic E-state index is 11.4. The molecule has 0 aliphatic carbocycles. The van der Waals surface area contributed by atoms with Crippen LogP contribution in [0.15, 0.2) is 24.3 Å². The van der Waals surface area contributed by atoms with E-state index in [1.807, 2.05) is 24.3 Å². The lowest BCUT2D eigenvalue weighted by atomic mass is 10.2. The Labute approximate surface area is 93.3 Å². The number of carbonyl (C=O) groups is 1. The van der Waals surface area contributed by atoms with Gasteiger partial charge >= 0.3 is 0 Å². The summed E-state index contributed by atoms with van der Waals surface area (Å²) < 4.78 is 0. The molecule has 0 aromatic heterocycles. The number of hydrogen-bond acceptors (Lipinski definition) is 2. The highest BCUT2D eigenvalue weighted by atomic mass is 32.1. The van der Waals surface area contributed by atoms with Crippen molar-refractivity contribution in [2.24, 2.45) is 0 Å². The molecule has 0 saturated carbocycles. The summed E-state index contributed by atoms with van der Waals surface area (Å²) in [4.78, 5) is 13.2. The molecule has 1 heterocycles. The van der Waals surface area contributed by atoms with Crippen LogP contribution in [0.4, 0.5) is 11.4 Å². The third-order valence-electron chi connectivity index (χ3n) is 2.23. The third-order valence-corrected chi connectivity index (χ3v) is 2.65. The summed E-state index contributed by atoms with van der Waals surface area (Å²) in [5.41, 5.74) is 1.72. The van der Waals surface area contributed by atoms with Crippen LogP contribution in [0.25, 0.3) is 0 Å². The smallest absolute Gasteiger partial charge is 0.244 e. The summed E-state index contributed by atoms with van der Waals surface area (Å²) in [7, 11) is 1.75. The fraction of sp³-hybridized carbons (Fsp3) is 0.200. The van der Waals surface area contributed by atoms with E-state index in [0.29, 0.717) is 5.11 Å². The Bertz CT molecular complexity index is 419. The number of anilines is 2. The van der Waals surface area contributed by atoms with Crippen LogP contribution >= 0.6 is 12.2 Å². The monoisotopic (exact) mass is 221 g/mol. The van der Waals surface area contributed by atoms with Crippen molar-refractivity contribution in [3.05, 3.63) is 24.3 Å². The lowest BCUT2D eigenvalue weighted by Gasteiger charge is -2.30. The predicted octanol–water partition coefficient (Wildman–Crippen LogP) is 0.949. The minimum absolute atomic E-state index is 0.0497. The SMILES string of the molecule is CNC(=S)N1CC(=O)Nc2ccccc21. The molecular formula is C10H11N3OS. The number of fused-ring (bicyclic) bond motifs is 1. The third kappa shape index (κ3) is 1.78. The molecule has 2 rings (SSSR count). The fourth-order valence-electron chi connectivity index (χ4n) is 1.55. The molecule has 1 aromatic carbocycles. The first-order valence-corrected chi connectivity index (χ1v) is 5.01. The molecule has 0 atom stereocenters. The van der Waals surface area contributed by atoms with Gasteiger partial charge in [0.2, 0.25) is 5.91 Å². The number of benzene rings is 1. The Kier molecular flexibility index (Phi) is 2.55. The Morgan fingerprint density at radius 2 is 2.27 bits per heavy atom. The molecule has 1 aromatic rings. The molecule has 1 aliphatic rings. The predicted molar refractivity (Wildman–Crippen MR) is 64.1 cm³/mol. The Morgan fingerprint density at radius 3 is 3.00 bits per heavy atom. The molecule has 5 heteroatoms. The van der Waals surface area contributed by atoms with Crippen molar-refractivity contribution in [1.82, 2.24) is 5.32 Å². The molecule has 15 heavy (non-hydrogen) atoms. The van der Waals surface area contributed by atoms with Gasteiger partial charge in [0.25, 0.3) is 0 Å². The molecular weight excluding hydrogens is 210 g/mol. The van der Waals surface area contributed by atoms with Crippen LogP contribution in [-0.2, 0) is 4.79 Å². The van der Waals surface area contributed by atoms with Crippen LogP contribution in [0.1, 0.15) is 0 Å². The van der Waals surface area contributed by atoms with Crippen molar-refractivity contribution in [2.45, 2.75) is 0 Å². The van der Waals surface area contributed by atoms with Crippen molar-refractivity contribution in [1.29, 1.82) is 0 Å². The average molecular weight is 221 g/mol. The number of para-hydroxylation sites is 2. The number of nitrogens with one attached hydrogen (secondary N) is 2. The maximum absolute atomic E-state index is 11.4. The van der Waals surface area contributed by atoms with E-state index in [0.717, 1.165) is 11.4 Å². The van der Waals surface area contributed by atoms with Gasteiger partial charge in [0.1, 0.15) is 6.54 Å². The molecule has 2 N–H and O–H groups in total. The summed E-state index contributed by atoms with van der Waals surface area (Å²) >= 11 is 5.14. The highest BCUT2D eigenvalue weighted by molar-refractivity contribution is 7.80. The van der Waals surface area contributed by atoms with E-state index in [1.165, 1.54) is 0 Å². The lowest BCUT2D eigenvalue weighted by molar-refractivity contribution is -0.115. The van der Waals surface area contributed by atoms with Crippen LogP contribution in [-0.4, -0.2) is 24.6 Å². The van der Waals surface area contributed by atoms with E-state index >= 15 is 0 Å². The molecule has 1 aliphatic heterocycles. The van der Waals surface area contributed by atoms with E-state index in [9.17, 15) is 4.79 Å². The first-order chi connectivity index (χ1) is 7.22. The van der Waals surface area contributed by atoms with Gasteiger partial charge in [0.05, 0.1) is 11.4 Å². The standard InChI is InChI=1S/C10H11N3OS/c1-11-10(15)13-6-9(14)12-7-4-2-3-5-8(7)13/h2-5H,6H2,1H3,(H,11,15)(H,12,14). The molecule has 0 unspecified atom stereocenters. The number of amides is 1. The van der Waals surface area contributed by atoms with Gasteiger partial charge in [-0.2, -0.15) is 0 Å². The maximum Gasteiger partial charge on any atom is 0.244 e. The Balaban J connectivity index is 2.42. The number of hydrogen-bond donors (Lipinski definition) is 2. The van der Waals surface area contributed by atoms with Gasteiger partial charge < -0.3 is 15.5 Å². The van der Waals surface area contributed by atoms with Gasteiger partial charge in [-0.05, 0) is 24.4 Å². The summed E-state index contributed by atoms with van der Waals surface area (Å²) in [6.07, 6.45) is 0. The topological polar surface area (TPSA) is 44.4 Å². The van der Waals surface area contributed by atoms with Crippen molar-refractivity contribution < 1.29 is 4.79 Å². The molecule has 0 spiro atoms. The molecule has 4 nitrogen and oxygen atoms in total. The lowest BCUT2D eigenvalue weighted by Crippen LogP contribution is -2.45. The molecule has 0 saturated heterocycles. The molecule has 0 fully saturated rings. The van der Waals surface area contributed by atoms with Gasteiger partial charge in [-0.3, -0.25) is 4.79 Å². The minimum atomic E-state index is -0.0497. The zero-order chi connectivity index (χ0) is 10.8. The zero-order valence-corrected chi connectivity index (χ0v) is 9.10. The molecule has 0 bridgehead atoms. The first kappa shape index (κ1) is 9.92. The molecule has 0 radical (unpaired) electrons. The molecule has 78 valence electrons. The fourth-order valence-corrected chi connectivity index (χ4v) is 1.71. The highest BCUT2D eigenvalue weighted by Gasteiger charge is 2.23. The normalized spacial score (nSPS) is 14.2. The van der Waals surface area contributed by atoms with Gasteiger partial charge in [0, 0.05) is 7.05 Å². The van der Waals surface area contributed by atoms with E-state index in [-0.39, 0.29) is 12.5 Å². The van der Waals surface area contributed by atoms with Crippen molar-refractivity contribution in [3.63, 3.8) is 0 Å². The van der Waals surface area contributed by atoms with Crippen molar-refractivity contribution >= 4 is 34.6 Å². The second kappa shape index (κ2) is 3.86. The Hall–Kier alpha value is -1.62. The number of carbonyl (C=O) groups excluding carboxylic acids is 1. The Morgan fingerprint density at radius 1 is 1.53 bits per heavy atom. The van der Waals surface area contributed by atoms with Crippen molar-refractivity contribution in [3.8, 4) is 0 Å². The second-order valence-corrected chi connectivity index (χ2v) is 3.59. The van der Waals surface area contributed by atoms with Crippen LogP contribution < -0.4 is 15.5 Å². The summed E-state index contributed by atoms with van der Waals surface area (Å²) in [6, 6.07) is 7.59. The van der Waals surface area contributed by atoms with Gasteiger partial charge in [-0.25, -0.2) is 0 Å². The van der Waals surface area contributed by atoms with Crippen LogP contribution in [0.5, 0.6) is 0 Å². The second-order valence-electron chi connectivity index (χ2n) is 3.21. The summed E-state index contributed by atoms with van der Waals surface area (Å²) in [6.45, 7) is 0.261. The van der Waals surface area contributed by atoms with E-state index in [2.05, 4.69) is 10.6 Å². The summed E-state index contributed by atoms with van der Waals surface area (Å²) in [5, 5.41) is 6.23. The van der Waals surface area contributed by atoms with Crippen LogP contribution in [0.2, 0.25) is 0 Å². The average Bonchev–Trinajstić information content (AvgIpc) is 2.26. The first-order valence-electron chi connectivity index (χ1n) is 4.60. The minimum Gasteiger partial charge on any atom is -0.365 e. The van der Waals surface area contributed by atoms with Crippen molar-refractivity contribution in [2.75, 3.05) is 23.8 Å². The number of thiocarbonyl (C=S) groups is 1. The van der Waals surface area contributed by atoms with E-state index in [4.69, 9.17) is 12.2 Å². The quantitative estimate of drug-likeness (QED) is 0.640. The summed E-state index contributed by atoms with van der Waals surface area (Å²) in [5.74, 6) is -0.0497. The highest BCUT2D eigenvalue weighted by Crippen LogP contribution is 2.28. The van der Waals surface area contributed by atoms with Gasteiger partial charge in [-0.1, -0.05) is 12.1 Å². The van der Waals surface area contributed by atoms with Crippen LogP contribution in [0.3, 0.4) is 0 Å².